The van der Waals surface area contributed by atoms with Crippen LogP contribution in [0.4, 0.5) is 5.69 Å². The van der Waals surface area contributed by atoms with Gasteiger partial charge < -0.3 is 24.4 Å². The monoisotopic (exact) mass is 512 g/mol. The number of pyridine rings is 1. The number of aromatic amines is 1. The van der Waals surface area contributed by atoms with E-state index in [0.29, 0.717) is 37.4 Å². The van der Waals surface area contributed by atoms with Gasteiger partial charge in [-0.2, -0.15) is 0 Å². The minimum Gasteiger partial charge on any atom is -0.494 e. The fraction of sp³-hybridized carbons (Fsp3) is 0.310. The lowest BCUT2D eigenvalue weighted by Crippen LogP contribution is -2.48. The third-order valence-corrected chi connectivity index (χ3v) is 7.94. The Kier molecular flexibility index (Phi) is 5.78. The lowest BCUT2D eigenvalue weighted by molar-refractivity contribution is -0.131. The Balaban J connectivity index is 1.56. The number of likely N-dealkylation sites (tertiary alicyclic amines) is 1. The van der Waals surface area contributed by atoms with Gasteiger partial charge in [-0.05, 0) is 54.3 Å². The van der Waals surface area contributed by atoms with Crippen molar-refractivity contribution in [2.75, 3.05) is 38.2 Å². The molecule has 194 valence electrons. The average Bonchev–Trinajstić information content (AvgIpc) is 3.44. The molecule has 3 aliphatic heterocycles. The first-order chi connectivity index (χ1) is 18.4. The van der Waals surface area contributed by atoms with Crippen LogP contribution in [-0.2, 0) is 15.0 Å². The third-order valence-electron chi connectivity index (χ3n) is 7.94. The molecular weight excluding hydrogens is 484 g/mol. The van der Waals surface area contributed by atoms with Crippen molar-refractivity contribution in [3.8, 4) is 5.75 Å². The fourth-order valence-electron chi connectivity index (χ4n) is 6.12. The maximum atomic E-state index is 14.5. The van der Waals surface area contributed by atoms with Crippen LogP contribution >= 0.6 is 0 Å². The summed E-state index contributed by atoms with van der Waals surface area (Å²) in [6.07, 6.45) is 2.47. The zero-order valence-corrected chi connectivity index (χ0v) is 21.1. The number of anilines is 1. The van der Waals surface area contributed by atoms with Gasteiger partial charge in [-0.1, -0.05) is 30.3 Å². The lowest BCUT2D eigenvalue weighted by Gasteiger charge is -2.35. The topological polar surface area (TPSA) is 103 Å². The first kappa shape index (κ1) is 24.0. The van der Waals surface area contributed by atoms with E-state index in [1.807, 2.05) is 48.5 Å². The number of nitrogens with one attached hydrogen (secondary N) is 1. The normalized spacial score (nSPS) is 23.0. The number of fused-ring (bicyclic) bond motifs is 6. The fourth-order valence-corrected chi connectivity index (χ4v) is 6.12. The molecule has 2 atom stereocenters. The number of nitrogens with zero attached hydrogens (tertiary/aromatic N) is 3. The van der Waals surface area contributed by atoms with E-state index in [4.69, 9.17) is 4.74 Å². The zero-order chi connectivity index (χ0) is 26.4. The molecule has 38 heavy (non-hydrogen) atoms. The van der Waals surface area contributed by atoms with E-state index < -0.39 is 22.9 Å². The number of H-pyrrole nitrogens is 1. The molecule has 3 aliphatic rings. The van der Waals surface area contributed by atoms with Crippen molar-refractivity contribution < 1.29 is 19.1 Å². The molecule has 1 N–H and O–H groups in total. The Bertz CT molecular complexity index is 1500. The summed E-state index contributed by atoms with van der Waals surface area (Å²) >= 11 is 0. The second kappa shape index (κ2) is 9.16. The summed E-state index contributed by atoms with van der Waals surface area (Å²) in [6, 6.07) is 17.4. The average molecular weight is 513 g/mol. The van der Waals surface area contributed by atoms with Crippen molar-refractivity contribution in [2.45, 2.75) is 24.3 Å². The molecular formula is C29H28N4O5. The van der Waals surface area contributed by atoms with Crippen LogP contribution in [0.1, 0.15) is 40.4 Å². The van der Waals surface area contributed by atoms with E-state index in [1.54, 1.807) is 27.8 Å². The highest BCUT2D eigenvalue weighted by Gasteiger charge is 2.62. The molecule has 3 amide bonds. The van der Waals surface area contributed by atoms with Crippen molar-refractivity contribution >= 4 is 23.4 Å². The predicted octanol–water partition coefficient (Wildman–Crippen LogP) is 2.49. The quantitative estimate of drug-likeness (QED) is 0.540. The number of carbonyl (C=O) groups is 3. The molecule has 0 radical (unpaired) electrons. The maximum absolute atomic E-state index is 14.5. The smallest absolute Gasteiger partial charge is 0.260 e. The van der Waals surface area contributed by atoms with Gasteiger partial charge in [-0.15, -0.1) is 0 Å². The largest absolute Gasteiger partial charge is 0.494 e. The minimum atomic E-state index is -1.12. The van der Waals surface area contributed by atoms with E-state index in [-0.39, 0.29) is 30.5 Å². The Labute approximate surface area is 219 Å². The molecule has 0 aliphatic carbocycles. The summed E-state index contributed by atoms with van der Waals surface area (Å²) in [6.45, 7) is 1.10. The van der Waals surface area contributed by atoms with E-state index in [0.717, 1.165) is 11.1 Å². The Hall–Kier alpha value is -4.40. The molecule has 4 heterocycles. The van der Waals surface area contributed by atoms with Crippen molar-refractivity contribution in [3.63, 3.8) is 0 Å². The van der Waals surface area contributed by atoms with Crippen LogP contribution in [0.2, 0.25) is 0 Å². The van der Waals surface area contributed by atoms with Crippen molar-refractivity contribution in [3.05, 3.63) is 93.9 Å². The number of rotatable bonds is 1. The van der Waals surface area contributed by atoms with Crippen molar-refractivity contribution in [1.82, 2.24) is 14.8 Å². The molecule has 1 aromatic heterocycles. The number of carbonyl (C=O) groups excluding carboxylic acids is 3. The van der Waals surface area contributed by atoms with Crippen LogP contribution in [-0.4, -0.2) is 65.8 Å². The number of hydrogen-bond donors (Lipinski definition) is 1. The van der Waals surface area contributed by atoms with Crippen LogP contribution in [0.3, 0.4) is 0 Å². The van der Waals surface area contributed by atoms with Gasteiger partial charge in [0.25, 0.3) is 11.5 Å². The van der Waals surface area contributed by atoms with Crippen LogP contribution < -0.4 is 15.2 Å². The molecule has 1 fully saturated rings. The standard InChI is InChI=1S/C29H28N4O5/c1-31-14-6-16-38-20-8-4-7-19(17-20)25-29(12-15-32(25)27(36)21-9-5-13-30-26(21)35)22-10-2-3-11-23(22)33(28(29)37)18-24(31)34/h2-5,7-11,13,17,25H,6,12,14-16,18H2,1H3,(H,30,35)/t25-,29+/m0/s1. The van der Waals surface area contributed by atoms with Gasteiger partial charge >= 0.3 is 0 Å². The molecule has 2 aromatic carbocycles. The maximum Gasteiger partial charge on any atom is 0.260 e. The van der Waals surface area contributed by atoms with Crippen LogP contribution in [0.25, 0.3) is 0 Å². The van der Waals surface area contributed by atoms with Crippen molar-refractivity contribution in [1.29, 1.82) is 0 Å². The summed E-state index contributed by atoms with van der Waals surface area (Å²) < 4.78 is 6.00. The number of amides is 3. The number of para-hydroxylation sites is 1. The molecule has 1 spiro atoms. The number of benzene rings is 2. The molecule has 4 bridgehead atoms. The highest BCUT2D eigenvalue weighted by Crippen LogP contribution is 2.57. The zero-order valence-electron chi connectivity index (χ0n) is 21.1. The van der Waals surface area contributed by atoms with Gasteiger partial charge in [0, 0.05) is 32.0 Å². The highest BCUT2D eigenvalue weighted by molar-refractivity contribution is 6.12. The van der Waals surface area contributed by atoms with Gasteiger partial charge in [-0.25, -0.2) is 0 Å². The van der Waals surface area contributed by atoms with Gasteiger partial charge in [0.05, 0.1) is 12.6 Å². The molecule has 9 nitrogen and oxygen atoms in total. The Morgan fingerprint density at radius 1 is 1.03 bits per heavy atom. The van der Waals surface area contributed by atoms with E-state index in [1.165, 1.54) is 12.3 Å². The first-order valence-corrected chi connectivity index (χ1v) is 12.8. The van der Waals surface area contributed by atoms with Crippen LogP contribution in [0.15, 0.2) is 71.7 Å². The van der Waals surface area contributed by atoms with Crippen LogP contribution in [0, 0.1) is 0 Å². The van der Waals surface area contributed by atoms with Gasteiger partial charge in [-0.3, -0.25) is 19.2 Å². The number of likely N-dealkylation sites (N-methyl/N-ethyl adjacent to an activating group) is 1. The number of hydrogen-bond acceptors (Lipinski definition) is 5. The molecule has 6 rings (SSSR count). The van der Waals surface area contributed by atoms with Crippen LogP contribution in [0.5, 0.6) is 5.75 Å². The van der Waals surface area contributed by atoms with Crippen molar-refractivity contribution in [2.24, 2.45) is 0 Å². The van der Waals surface area contributed by atoms with E-state index in [2.05, 4.69) is 4.98 Å². The number of ether oxygens (including phenoxy) is 1. The van der Waals surface area contributed by atoms with Gasteiger partial charge in [0.2, 0.25) is 11.8 Å². The summed E-state index contributed by atoms with van der Waals surface area (Å²) in [4.78, 5) is 61.5. The van der Waals surface area contributed by atoms with Gasteiger partial charge in [0.15, 0.2) is 0 Å². The summed E-state index contributed by atoms with van der Waals surface area (Å²) in [5.41, 5.74) is 0.622. The Morgan fingerprint density at radius 2 is 1.87 bits per heavy atom. The summed E-state index contributed by atoms with van der Waals surface area (Å²) in [5, 5.41) is 0. The SMILES string of the molecule is CN1CCCOc2cccc(c2)[C@@H]2N(C(=O)c3ccc[nH]c3=O)CC[C@]23C(=O)N(CC1=O)c1ccccc13. The lowest BCUT2D eigenvalue weighted by atomic mass is 9.72. The third kappa shape index (κ3) is 3.60. The molecule has 9 heteroatoms. The number of aromatic nitrogens is 1. The molecule has 3 aromatic rings. The minimum absolute atomic E-state index is 0.0174. The Morgan fingerprint density at radius 3 is 2.71 bits per heavy atom. The molecule has 0 saturated carbocycles. The van der Waals surface area contributed by atoms with E-state index in [9.17, 15) is 19.2 Å². The second-order valence-corrected chi connectivity index (χ2v) is 10.0. The molecule has 1 saturated heterocycles. The predicted molar refractivity (Wildman–Crippen MR) is 140 cm³/mol. The highest BCUT2D eigenvalue weighted by atomic mass is 16.5. The van der Waals surface area contributed by atoms with E-state index >= 15 is 0 Å². The second-order valence-electron chi connectivity index (χ2n) is 10.0. The molecule has 0 unspecified atom stereocenters. The summed E-state index contributed by atoms with van der Waals surface area (Å²) in [5.74, 6) is -0.206. The first-order valence-electron chi connectivity index (χ1n) is 12.8. The summed E-state index contributed by atoms with van der Waals surface area (Å²) in [7, 11) is 1.73. The van der Waals surface area contributed by atoms with Gasteiger partial charge in [0.1, 0.15) is 23.3 Å².